The SMILES string of the molecule is CC(C)[C@@H](N)c1nc(-c2cccnc2)no1. The van der Waals surface area contributed by atoms with Gasteiger partial charge in [-0.1, -0.05) is 19.0 Å². The van der Waals surface area contributed by atoms with Crippen LogP contribution in [0.5, 0.6) is 0 Å². The second-order valence-corrected chi connectivity index (χ2v) is 3.97. The molecular formula is C11H14N4O. The zero-order valence-corrected chi connectivity index (χ0v) is 9.29. The maximum Gasteiger partial charge on any atom is 0.244 e. The molecule has 2 aromatic heterocycles. The Morgan fingerprint density at radius 3 is 2.81 bits per heavy atom. The monoisotopic (exact) mass is 218 g/mol. The molecule has 0 bridgehead atoms. The van der Waals surface area contributed by atoms with Crippen LogP contribution in [0.3, 0.4) is 0 Å². The van der Waals surface area contributed by atoms with E-state index < -0.39 is 0 Å². The third-order valence-corrected chi connectivity index (χ3v) is 2.36. The number of hydrogen-bond donors (Lipinski definition) is 1. The summed E-state index contributed by atoms with van der Waals surface area (Å²) in [5.41, 5.74) is 6.74. The molecule has 1 atom stereocenters. The molecule has 0 radical (unpaired) electrons. The molecule has 0 fully saturated rings. The summed E-state index contributed by atoms with van der Waals surface area (Å²) in [4.78, 5) is 8.26. The van der Waals surface area contributed by atoms with Crippen molar-refractivity contribution in [3.63, 3.8) is 0 Å². The molecule has 0 spiro atoms. The van der Waals surface area contributed by atoms with Crippen molar-refractivity contribution >= 4 is 0 Å². The van der Waals surface area contributed by atoms with E-state index in [0.717, 1.165) is 5.56 Å². The summed E-state index contributed by atoms with van der Waals surface area (Å²) in [6.07, 6.45) is 3.39. The van der Waals surface area contributed by atoms with Gasteiger partial charge in [0.15, 0.2) is 0 Å². The molecule has 0 aliphatic rings. The lowest BCUT2D eigenvalue weighted by Crippen LogP contribution is -2.16. The summed E-state index contributed by atoms with van der Waals surface area (Å²) >= 11 is 0. The van der Waals surface area contributed by atoms with Crippen molar-refractivity contribution in [3.05, 3.63) is 30.4 Å². The molecule has 2 N–H and O–H groups in total. The Morgan fingerprint density at radius 1 is 1.38 bits per heavy atom. The van der Waals surface area contributed by atoms with Crippen LogP contribution >= 0.6 is 0 Å². The average molecular weight is 218 g/mol. The third-order valence-electron chi connectivity index (χ3n) is 2.36. The molecule has 5 nitrogen and oxygen atoms in total. The number of nitrogens with zero attached hydrogens (tertiary/aromatic N) is 3. The highest BCUT2D eigenvalue weighted by molar-refractivity contribution is 5.51. The van der Waals surface area contributed by atoms with E-state index in [4.69, 9.17) is 10.3 Å². The van der Waals surface area contributed by atoms with Gasteiger partial charge >= 0.3 is 0 Å². The standard InChI is InChI=1S/C11H14N4O/c1-7(2)9(12)11-14-10(15-16-11)8-4-3-5-13-6-8/h3-7,9H,12H2,1-2H3/t9-/m1/s1. The zero-order valence-electron chi connectivity index (χ0n) is 9.29. The van der Waals surface area contributed by atoms with Crippen LogP contribution in [0.1, 0.15) is 25.8 Å². The van der Waals surface area contributed by atoms with E-state index in [2.05, 4.69) is 15.1 Å². The molecule has 5 heteroatoms. The van der Waals surface area contributed by atoms with Crippen molar-refractivity contribution in [3.8, 4) is 11.4 Å². The van der Waals surface area contributed by atoms with Gasteiger partial charge in [-0.15, -0.1) is 0 Å². The van der Waals surface area contributed by atoms with E-state index in [1.807, 2.05) is 26.0 Å². The molecule has 16 heavy (non-hydrogen) atoms. The van der Waals surface area contributed by atoms with E-state index >= 15 is 0 Å². The van der Waals surface area contributed by atoms with Gasteiger partial charge in [0.25, 0.3) is 0 Å². The first kappa shape index (κ1) is 10.8. The Hall–Kier alpha value is -1.75. The van der Waals surface area contributed by atoms with E-state index in [1.54, 1.807) is 12.4 Å². The topological polar surface area (TPSA) is 77.8 Å². The largest absolute Gasteiger partial charge is 0.337 e. The zero-order chi connectivity index (χ0) is 11.5. The van der Waals surface area contributed by atoms with Gasteiger partial charge < -0.3 is 10.3 Å². The van der Waals surface area contributed by atoms with Gasteiger partial charge in [0.1, 0.15) is 0 Å². The Kier molecular flexibility index (Phi) is 2.96. The molecule has 2 aromatic rings. The molecule has 0 aliphatic heterocycles. The van der Waals surface area contributed by atoms with Crippen LogP contribution in [0.15, 0.2) is 29.0 Å². The predicted molar refractivity (Wildman–Crippen MR) is 59.3 cm³/mol. The number of rotatable bonds is 3. The normalized spacial score (nSPS) is 13.0. The van der Waals surface area contributed by atoms with Gasteiger partial charge in [-0.3, -0.25) is 4.98 Å². The Morgan fingerprint density at radius 2 is 2.19 bits per heavy atom. The lowest BCUT2D eigenvalue weighted by atomic mass is 10.1. The molecule has 0 saturated carbocycles. The van der Waals surface area contributed by atoms with E-state index in [1.165, 1.54) is 0 Å². The quantitative estimate of drug-likeness (QED) is 0.849. The highest BCUT2D eigenvalue weighted by Gasteiger charge is 2.18. The van der Waals surface area contributed by atoms with Gasteiger partial charge in [-0.2, -0.15) is 4.98 Å². The molecule has 2 rings (SSSR count). The van der Waals surface area contributed by atoms with E-state index in [0.29, 0.717) is 11.7 Å². The number of aromatic nitrogens is 3. The summed E-state index contributed by atoms with van der Waals surface area (Å²) in [5, 5.41) is 3.88. The molecule has 0 aliphatic carbocycles. The Balaban J connectivity index is 2.27. The van der Waals surface area contributed by atoms with Crippen molar-refractivity contribution in [2.75, 3.05) is 0 Å². The molecule has 0 amide bonds. The lowest BCUT2D eigenvalue weighted by molar-refractivity contribution is 0.325. The van der Waals surface area contributed by atoms with Crippen molar-refractivity contribution < 1.29 is 4.52 Å². The lowest BCUT2D eigenvalue weighted by Gasteiger charge is -2.09. The maximum absolute atomic E-state index is 5.92. The second-order valence-electron chi connectivity index (χ2n) is 3.97. The fourth-order valence-electron chi connectivity index (χ4n) is 1.27. The average Bonchev–Trinajstić information content (AvgIpc) is 2.78. The highest BCUT2D eigenvalue weighted by Crippen LogP contribution is 2.20. The summed E-state index contributed by atoms with van der Waals surface area (Å²) in [7, 11) is 0. The highest BCUT2D eigenvalue weighted by atomic mass is 16.5. The minimum Gasteiger partial charge on any atom is -0.337 e. The van der Waals surface area contributed by atoms with Crippen molar-refractivity contribution in [1.29, 1.82) is 0 Å². The number of pyridine rings is 1. The molecule has 84 valence electrons. The van der Waals surface area contributed by atoms with Gasteiger partial charge in [-0.05, 0) is 18.1 Å². The van der Waals surface area contributed by atoms with Crippen LogP contribution < -0.4 is 5.73 Å². The van der Waals surface area contributed by atoms with Crippen LogP contribution in [0.2, 0.25) is 0 Å². The second kappa shape index (κ2) is 4.40. The van der Waals surface area contributed by atoms with Crippen molar-refractivity contribution in [2.45, 2.75) is 19.9 Å². The summed E-state index contributed by atoms with van der Waals surface area (Å²) in [5.74, 6) is 1.26. The molecule has 0 saturated heterocycles. The molecular weight excluding hydrogens is 204 g/mol. The van der Waals surface area contributed by atoms with Crippen LogP contribution in [0, 0.1) is 5.92 Å². The van der Waals surface area contributed by atoms with Crippen molar-refractivity contribution in [2.24, 2.45) is 11.7 Å². The Labute approximate surface area is 93.7 Å². The van der Waals surface area contributed by atoms with Crippen LogP contribution in [0.4, 0.5) is 0 Å². The van der Waals surface area contributed by atoms with E-state index in [9.17, 15) is 0 Å². The maximum atomic E-state index is 5.92. The number of hydrogen-bond acceptors (Lipinski definition) is 5. The number of nitrogens with two attached hydrogens (primary N) is 1. The van der Waals surface area contributed by atoms with Crippen molar-refractivity contribution in [1.82, 2.24) is 15.1 Å². The van der Waals surface area contributed by atoms with Gasteiger partial charge in [0.2, 0.25) is 11.7 Å². The van der Waals surface area contributed by atoms with Crippen LogP contribution in [-0.4, -0.2) is 15.1 Å². The van der Waals surface area contributed by atoms with E-state index in [-0.39, 0.29) is 12.0 Å². The first-order valence-electron chi connectivity index (χ1n) is 5.18. The predicted octanol–water partition coefficient (Wildman–Crippen LogP) is 1.79. The molecule has 0 unspecified atom stereocenters. The van der Waals surface area contributed by atoms with Crippen LogP contribution in [-0.2, 0) is 0 Å². The summed E-state index contributed by atoms with van der Waals surface area (Å²) in [6.45, 7) is 4.03. The third kappa shape index (κ3) is 2.09. The molecule has 0 aromatic carbocycles. The fourth-order valence-corrected chi connectivity index (χ4v) is 1.27. The minimum atomic E-state index is -0.224. The smallest absolute Gasteiger partial charge is 0.244 e. The fraction of sp³-hybridized carbons (Fsp3) is 0.364. The molecule has 2 heterocycles. The first-order chi connectivity index (χ1) is 7.68. The summed E-state index contributed by atoms with van der Waals surface area (Å²) < 4.78 is 5.13. The minimum absolute atomic E-state index is 0.224. The van der Waals surface area contributed by atoms with Gasteiger partial charge in [0, 0.05) is 18.0 Å². The van der Waals surface area contributed by atoms with Gasteiger partial charge in [0.05, 0.1) is 6.04 Å². The van der Waals surface area contributed by atoms with Crippen LogP contribution in [0.25, 0.3) is 11.4 Å². The summed E-state index contributed by atoms with van der Waals surface area (Å²) in [6, 6.07) is 3.48. The van der Waals surface area contributed by atoms with Gasteiger partial charge in [-0.25, -0.2) is 0 Å². The first-order valence-corrected chi connectivity index (χ1v) is 5.18. The Bertz CT molecular complexity index is 452.